The Kier molecular flexibility index (Phi) is 3.21. The van der Waals surface area contributed by atoms with Crippen LogP contribution in [-0.2, 0) is 11.3 Å². The predicted molar refractivity (Wildman–Crippen MR) is 69.9 cm³/mol. The summed E-state index contributed by atoms with van der Waals surface area (Å²) in [6.45, 7) is 3.27. The van der Waals surface area contributed by atoms with Gasteiger partial charge < -0.3 is 4.74 Å². The molecule has 1 aromatic carbocycles. The van der Waals surface area contributed by atoms with Crippen molar-refractivity contribution in [2.75, 3.05) is 6.61 Å². The molecule has 5 heteroatoms. The summed E-state index contributed by atoms with van der Waals surface area (Å²) in [6.07, 6.45) is 2.11. The van der Waals surface area contributed by atoms with Gasteiger partial charge in [0.15, 0.2) is 5.82 Å². The lowest BCUT2D eigenvalue weighted by atomic mass is 10.1. The Morgan fingerprint density at radius 2 is 2.26 bits per heavy atom. The molecule has 3 rings (SSSR count). The van der Waals surface area contributed by atoms with E-state index in [1.54, 1.807) is 4.57 Å². The highest BCUT2D eigenvalue weighted by Crippen LogP contribution is 2.22. The molecule has 1 atom stereocenters. The summed E-state index contributed by atoms with van der Waals surface area (Å²) in [7, 11) is 0. The maximum absolute atomic E-state index is 11.8. The third kappa shape index (κ3) is 2.33. The molecule has 1 aromatic heterocycles. The number of ether oxygens (including phenoxy) is 1. The molecule has 1 unspecified atom stereocenters. The van der Waals surface area contributed by atoms with Gasteiger partial charge in [0.05, 0.1) is 12.6 Å². The van der Waals surface area contributed by atoms with Crippen LogP contribution in [0, 0.1) is 6.92 Å². The zero-order valence-electron chi connectivity index (χ0n) is 10.8. The van der Waals surface area contributed by atoms with Crippen LogP contribution in [0.1, 0.15) is 18.4 Å². The average molecular weight is 260 g/mol. The fraction of sp³-hybridized carbons (Fsp3) is 0.429. The first kappa shape index (κ1) is 12.2. The Morgan fingerprint density at radius 3 is 3.00 bits per heavy atom. The largest absolute Gasteiger partial charge is 0.441 e. The van der Waals surface area contributed by atoms with Crippen molar-refractivity contribution in [3.05, 3.63) is 40.4 Å². The Bertz CT molecular complexity index is 624. The first-order valence-corrected chi connectivity index (χ1v) is 6.50. The molecule has 0 amide bonds. The van der Waals surface area contributed by atoms with E-state index in [0.717, 1.165) is 30.6 Å². The molecule has 1 aliphatic heterocycles. The van der Waals surface area contributed by atoms with Gasteiger partial charge in [0, 0.05) is 12.2 Å². The van der Waals surface area contributed by atoms with Gasteiger partial charge in [0.2, 0.25) is 0 Å². The van der Waals surface area contributed by atoms with Crippen LogP contribution in [0.15, 0.2) is 33.6 Å². The quantitative estimate of drug-likeness (QED) is 0.846. The maximum Gasteiger partial charge on any atom is 0.441 e. The minimum Gasteiger partial charge on any atom is -0.376 e. The van der Waals surface area contributed by atoms with E-state index in [2.05, 4.69) is 5.16 Å². The van der Waals surface area contributed by atoms with Crippen molar-refractivity contribution in [2.45, 2.75) is 32.4 Å². The van der Waals surface area contributed by atoms with Crippen LogP contribution in [0.5, 0.6) is 0 Å². The molecule has 0 N–H and O–H groups in total. The Hall–Kier alpha value is -1.88. The van der Waals surface area contributed by atoms with E-state index in [1.807, 2.05) is 31.2 Å². The Balaban J connectivity index is 1.98. The van der Waals surface area contributed by atoms with E-state index in [1.165, 1.54) is 0 Å². The lowest BCUT2D eigenvalue weighted by molar-refractivity contribution is 0.0956. The second kappa shape index (κ2) is 5.01. The Morgan fingerprint density at radius 1 is 1.42 bits per heavy atom. The number of hydrogen-bond acceptors (Lipinski definition) is 4. The first-order chi connectivity index (χ1) is 9.25. The standard InChI is InChI=1S/C14H16N2O3/c1-10-5-2-3-7-12(10)13-15-19-14(17)16(13)9-11-6-4-8-18-11/h2-3,5,7,11H,4,6,8-9H2,1H3. The molecule has 0 aliphatic carbocycles. The average Bonchev–Trinajstić information content (AvgIpc) is 3.03. The van der Waals surface area contributed by atoms with Crippen molar-refractivity contribution in [1.29, 1.82) is 0 Å². The van der Waals surface area contributed by atoms with Gasteiger partial charge in [0.1, 0.15) is 0 Å². The van der Waals surface area contributed by atoms with Crippen LogP contribution < -0.4 is 5.76 Å². The highest BCUT2D eigenvalue weighted by molar-refractivity contribution is 5.59. The van der Waals surface area contributed by atoms with Crippen LogP contribution in [-0.4, -0.2) is 22.4 Å². The molecule has 100 valence electrons. The van der Waals surface area contributed by atoms with Gasteiger partial charge in [-0.2, -0.15) is 0 Å². The van der Waals surface area contributed by atoms with Crippen LogP contribution in [0.3, 0.4) is 0 Å². The molecule has 0 bridgehead atoms. The molecule has 0 spiro atoms. The van der Waals surface area contributed by atoms with Gasteiger partial charge in [0.25, 0.3) is 0 Å². The topological polar surface area (TPSA) is 57.3 Å². The second-order valence-corrected chi connectivity index (χ2v) is 4.83. The zero-order valence-corrected chi connectivity index (χ0v) is 10.8. The van der Waals surface area contributed by atoms with Crippen LogP contribution >= 0.6 is 0 Å². The third-order valence-electron chi connectivity index (χ3n) is 3.48. The van der Waals surface area contributed by atoms with Crippen molar-refractivity contribution in [2.24, 2.45) is 0 Å². The van der Waals surface area contributed by atoms with E-state index in [4.69, 9.17) is 9.26 Å². The van der Waals surface area contributed by atoms with Crippen molar-refractivity contribution < 1.29 is 9.26 Å². The number of aryl methyl sites for hydroxylation is 1. The van der Waals surface area contributed by atoms with E-state index < -0.39 is 5.76 Å². The van der Waals surface area contributed by atoms with Gasteiger partial charge in [-0.15, -0.1) is 0 Å². The molecule has 1 saturated heterocycles. The van der Waals surface area contributed by atoms with Crippen molar-refractivity contribution in [3.8, 4) is 11.4 Å². The highest BCUT2D eigenvalue weighted by Gasteiger charge is 2.21. The minimum atomic E-state index is -0.422. The summed E-state index contributed by atoms with van der Waals surface area (Å²) in [5, 5.41) is 3.91. The number of aromatic nitrogens is 2. The predicted octanol–water partition coefficient (Wildman–Crippen LogP) is 1.99. The van der Waals surface area contributed by atoms with Gasteiger partial charge in [-0.05, 0) is 25.3 Å². The molecule has 2 aromatic rings. The molecule has 1 fully saturated rings. The number of benzene rings is 1. The third-order valence-corrected chi connectivity index (χ3v) is 3.48. The second-order valence-electron chi connectivity index (χ2n) is 4.83. The van der Waals surface area contributed by atoms with Crippen molar-refractivity contribution in [3.63, 3.8) is 0 Å². The molecular formula is C14H16N2O3. The van der Waals surface area contributed by atoms with Gasteiger partial charge >= 0.3 is 5.76 Å². The molecule has 19 heavy (non-hydrogen) atoms. The number of hydrogen-bond donors (Lipinski definition) is 0. The first-order valence-electron chi connectivity index (χ1n) is 6.50. The summed E-state index contributed by atoms with van der Waals surface area (Å²) in [5.41, 5.74) is 1.99. The summed E-state index contributed by atoms with van der Waals surface area (Å²) < 4.78 is 12.0. The van der Waals surface area contributed by atoms with Gasteiger partial charge in [-0.1, -0.05) is 29.4 Å². The van der Waals surface area contributed by atoms with E-state index in [0.29, 0.717) is 12.4 Å². The van der Waals surface area contributed by atoms with Crippen LogP contribution in [0.25, 0.3) is 11.4 Å². The molecule has 0 radical (unpaired) electrons. The molecular weight excluding hydrogens is 244 g/mol. The summed E-state index contributed by atoms with van der Waals surface area (Å²) in [6, 6.07) is 7.82. The minimum absolute atomic E-state index is 0.0832. The van der Waals surface area contributed by atoms with Crippen LogP contribution in [0.4, 0.5) is 0 Å². The molecule has 2 heterocycles. The lowest BCUT2D eigenvalue weighted by Crippen LogP contribution is -2.23. The molecule has 5 nitrogen and oxygen atoms in total. The van der Waals surface area contributed by atoms with Gasteiger partial charge in [-0.3, -0.25) is 9.09 Å². The fourth-order valence-electron chi connectivity index (χ4n) is 2.44. The highest BCUT2D eigenvalue weighted by atomic mass is 16.5. The van der Waals surface area contributed by atoms with Crippen LogP contribution in [0.2, 0.25) is 0 Å². The van der Waals surface area contributed by atoms with E-state index >= 15 is 0 Å². The molecule has 0 saturated carbocycles. The number of rotatable bonds is 3. The summed E-state index contributed by atoms with van der Waals surface area (Å²) in [4.78, 5) is 11.8. The smallest absolute Gasteiger partial charge is 0.376 e. The van der Waals surface area contributed by atoms with Gasteiger partial charge in [-0.25, -0.2) is 4.79 Å². The lowest BCUT2D eigenvalue weighted by Gasteiger charge is -2.11. The SMILES string of the molecule is Cc1ccccc1-c1noc(=O)n1CC1CCCO1. The molecule has 1 aliphatic rings. The zero-order chi connectivity index (χ0) is 13.2. The summed E-state index contributed by atoms with van der Waals surface area (Å²) >= 11 is 0. The van der Waals surface area contributed by atoms with E-state index in [-0.39, 0.29) is 6.10 Å². The van der Waals surface area contributed by atoms with E-state index in [9.17, 15) is 4.79 Å². The normalized spacial score (nSPS) is 18.9. The Labute approximate surface area is 110 Å². The fourth-order valence-corrected chi connectivity index (χ4v) is 2.44. The monoisotopic (exact) mass is 260 g/mol. The maximum atomic E-state index is 11.8. The van der Waals surface area contributed by atoms with Crippen molar-refractivity contribution >= 4 is 0 Å². The number of nitrogens with zero attached hydrogens (tertiary/aromatic N) is 2. The van der Waals surface area contributed by atoms with Crippen molar-refractivity contribution in [1.82, 2.24) is 9.72 Å². The summed E-state index contributed by atoms with van der Waals surface area (Å²) in [5.74, 6) is 0.160.